The molecule has 7 nitrogen and oxygen atoms in total. The third-order valence-corrected chi connectivity index (χ3v) is 11.0. The largest absolute Gasteiger partial charge is 0.494 e. The van der Waals surface area contributed by atoms with Crippen molar-refractivity contribution in [2.24, 2.45) is 5.92 Å². The first-order chi connectivity index (χ1) is 19.2. The lowest BCUT2D eigenvalue weighted by Gasteiger charge is -2.50. The Kier molecular flexibility index (Phi) is 9.05. The number of piperazine rings is 1. The second-order valence-corrected chi connectivity index (χ2v) is 14.1. The highest BCUT2D eigenvalue weighted by molar-refractivity contribution is 7.91. The third-order valence-electron chi connectivity index (χ3n) is 9.01. The fourth-order valence-electron chi connectivity index (χ4n) is 6.84. The second-order valence-electron chi connectivity index (χ2n) is 11.5. The molecule has 218 valence electrons. The van der Waals surface area contributed by atoms with Gasteiger partial charge in [0.1, 0.15) is 0 Å². The van der Waals surface area contributed by atoms with Crippen molar-refractivity contribution in [1.29, 1.82) is 0 Å². The van der Waals surface area contributed by atoms with Crippen LogP contribution >= 0.6 is 11.6 Å². The van der Waals surface area contributed by atoms with E-state index in [0.29, 0.717) is 24.7 Å². The van der Waals surface area contributed by atoms with E-state index >= 15 is 0 Å². The Morgan fingerprint density at radius 2 is 1.75 bits per heavy atom. The van der Waals surface area contributed by atoms with Crippen molar-refractivity contribution >= 4 is 27.3 Å². The summed E-state index contributed by atoms with van der Waals surface area (Å²) in [7, 11) is -1.83. The van der Waals surface area contributed by atoms with E-state index in [9.17, 15) is 17.6 Å². The Balaban J connectivity index is 1.22. The van der Waals surface area contributed by atoms with E-state index in [1.54, 1.807) is 18.2 Å². The number of carbonyl (C=O) groups is 1. The van der Waals surface area contributed by atoms with Gasteiger partial charge in [-0.3, -0.25) is 9.69 Å². The summed E-state index contributed by atoms with van der Waals surface area (Å²) in [6.45, 7) is 4.07. The third kappa shape index (κ3) is 6.48. The van der Waals surface area contributed by atoms with Crippen molar-refractivity contribution < 1.29 is 22.3 Å². The number of hydrogen-bond acceptors (Lipinski definition) is 6. The minimum absolute atomic E-state index is 0.000935. The van der Waals surface area contributed by atoms with E-state index < -0.39 is 15.8 Å². The molecule has 1 saturated carbocycles. The summed E-state index contributed by atoms with van der Waals surface area (Å²) in [5.74, 6) is -1.18. The van der Waals surface area contributed by atoms with Gasteiger partial charge in [0.15, 0.2) is 21.4 Å². The molecule has 40 heavy (non-hydrogen) atoms. The predicted molar refractivity (Wildman–Crippen MR) is 155 cm³/mol. The maximum Gasteiger partial charge on any atom is 0.227 e. The quantitative estimate of drug-likeness (QED) is 0.494. The fraction of sp³-hybridized carbons (Fsp3) is 0.567. The number of hydrogen-bond donors (Lipinski definition) is 1. The Bertz CT molecular complexity index is 1290. The molecule has 2 aliphatic heterocycles. The van der Waals surface area contributed by atoms with Crippen LogP contribution in [0.5, 0.6) is 5.75 Å². The number of ether oxygens (including phenoxy) is 1. The summed E-state index contributed by atoms with van der Waals surface area (Å²) >= 11 is 6.04. The van der Waals surface area contributed by atoms with Crippen molar-refractivity contribution in [3.8, 4) is 5.75 Å². The molecule has 1 amide bonds. The first-order valence-corrected chi connectivity index (χ1v) is 16.4. The monoisotopic (exact) mass is 591 g/mol. The smallest absolute Gasteiger partial charge is 0.227 e. The zero-order valence-corrected chi connectivity index (χ0v) is 24.7. The number of halogens is 2. The minimum Gasteiger partial charge on any atom is -0.494 e. The Morgan fingerprint density at radius 1 is 1.05 bits per heavy atom. The van der Waals surface area contributed by atoms with Crippen molar-refractivity contribution in [2.75, 3.05) is 51.3 Å². The van der Waals surface area contributed by atoms with Crippen molar-refractivity contribution in [3.05, 3.63) is 64.4 Å². The van der Waals surface area contributed by atoms with Crippen LogP contribution < -0.4 is 10.1 Å². The van der Waals surface area contributed by atoms with E-state index in [0.717, 1.165) is 43.6 Å². The van der Waals surface area contributed by atoms with Gasteiger partial charge in [-0.15, -0.1) is 0 Å². The van der Waals surface area contributed by atoms with E-state index in [-0.39, 0.29) is 40.4 Å². The zero-order valence-electron chi connectivity index (χ0n) is 23.1. The molecule has 2 aromatic rings. The number of methoxy groups -OCH3 is 1. The van der Waals surface area contributed by atoms with Gasteiger partial charge in [0, 0.05) is 55.7 Å². The molecule has 2 atom stereocenters. The standard InChI is InChI=1S/C30H39ClFN3O4S/c1-39-28-10-5-22(17-27(28)32)18-33-21-30(11-3-2-4-12-30)35-15-13-34(14-16-35)29(36)26-20-40(37,38)19-25(26)23-6-8-24(31)9-7-23/h5-10,17,25-26,33H,2-4,11-16,18-21H2,1H3/t25-,26+/m0/s1. The fourth-order valence-corrected chi connectivity index (χ4v) is 9.00. The van der Waals surface area contributed by atoms with Gasteiger partial charge in [-0.25, -0.2) is 12.8 Å². The Hall–Kier alpha value is -2.20. The highest BCUT2D eigenvalue weighted by Gasteiger charge is 2.46. The molecule has 3 fully saturated rings. The minimum atomic E-state index is -3.29. The van der Waals surface area contributed by atoms with Gasteiger partial charge < -0.3 is 15.0 Å². The summed E-state index contributed by atoms with van der Waals surface area (Å²) in [4.78, 5) is 18.1. The maximum absolute atomic E-state index is 14.2. The van der Waals surface area contributed by atoms with E-state index in [1.165, 1.54) is 32.4 Å². The van der Waals surface area contributed by atoms with Crippen LogP contribution in [0.3, 0.4) is 0 Å². The van der Waals surface area contributed by atoms with Crippen LogP contribution in [0.1, 0.15) is 49.1 Å². The number of nitrogens with zero attached hydrogens (tertiary/aromatic N) is 2. The van der Waals surface area contributed by atoms with Crippen LogP contribution in [0.15, 0.2) is 42.5 Å². The second kappa shape index (κ2) is 12.3. The van der Waals surface area contributed by atoms with Gasteiger partial charge in [0.05, 0.1) is 24.5 Å². The topological polar surface area (TPSA) is 79.0 Å². The molecule has 0 bridgehead atoms. The van der Waals surface area contributed by atoms with E-state index in [2.05, 4.69) is 10.2 Å². The molecule has 1 aliphatic carbocycles. The lowest BCUT2D eigenvalue weighted by molar-refractivity contribution is -0.138. The molecule has 0 spiro atoms. The highest BCUT2D eigenvalue weighted by atomic mass is 35.5. The van der Waals surface area contributed by atoms with Crippen LogP contribution in [0.25, 0.3) is 0 Å². The molecular formula is C30H39ClFN3O4S. The molecule has 0 aromatic heterocycles. The lowest BCUT2D eigenvalue weighted by Crippen LogP contribution is -2.62. The first-order valence-electron chi connectivity index (χ1n) is 14.2. The van der Waals surface area contributed by atoms with E-state index in [1.807, 2.05) is 23.1 Å². The highest BCUT2D eigenvalue weighted by Crippen LogP contribution is 2.38. The lowest BCUT2D eigenvalue weighted by atomic mass is 9.79. The number of rotatable bonds is 8. The Labute approximate surface area is 241 Å². The van der Waals surface area contributed by atoms with Crippen LogP contribution in [0.4, 0.5) is 4.39 Å². The Morgan fingerprint density at radius 3 is 2.40 bits per heavy atom. The molecule has 3 aliphatic rings. The number of carbonyl (C=O) groups excluding carboxylic acids is 1. The van der Waals surface area contributed by atoms with E-state index in [4.69, 9.17) is 16.3 Å². The number of nitrogens with one attached hydrogen (secondary N) is 1. The number of amides is 1. The van der Waals surface area contributed by atoms with Crippen molar-refractivity contribution in [3.63, 3.8) is 0 Å². The molecule has 5 rings (SSSR count). The molecule has 2 saturated heterocycles. The summed E-state index contributed by atoms with van der Waals surface area (Å²) < 4.78 is 44.4. The van der Waals surface area contributed by atoms with Gasteiger partial charge >= 0.3 is 0 Å². The number of sulfone groups is 1. The molecule has 0 unspecified atom stereocenters. The molecule has 2 aromatic carbocycles. The number of benzene rings is 2. The van der Waals surface area contributed by atoms with Crippen LogP contribution in [0, 0.1) is 11.7 Å². The summed E-state index contributed by atoms with van der Waals surface area (Å²) in [5, 5.41) is 4.17. The van der Waals surface area contributed by atoms with Crippen molar-refractivity contribution in [2.45, 2.75) is 50.1 Å². The maximum atomic E-state index is 14.2. The van der Waals surface area contributed by atoms with Gasteiger partial charge in [-0.1, -0.05) is 49.1 Å². The molecule has 0 radical (unpaired) electrons. The summed E-state index contributed by atoms with van der Waals surface area (Å²) in [6.07, 6.45) is 5.74. The van der Waals surface area contributed by atoms with Gasteiger partial charge in [-0.05, 0) is 48.2 Å². The average molecular weight is 592 g/mol. The average Bonchev–Trinajstić information content (AvgIpc) is 3.29. The first kappa shape index (κ1) is 29.3. The normalized spacial score (nSPS) is 24.6. The van der Waals surface area contributed by atoms with Crippen LogP contribution in [0.2, 0.25) is 5.02 Å². The van der Waals surface area contributed by atoms with Crippen molar-refractivity contribution in [1.82, 2.24) is 15.1 Å². The zero-order chi connectivity index (χ0) is 28.3. The van der Waals surface area contributed by atoms with Gasteiger partial charge in [0.2, 0.25) is 5.91 Å². The van der Waals surface area contributed by atoms with Gasteiger partial charge in [0.25, 0.3) is 0 Å². The SMILES string of the molecule is COc1ccc(CNCC2(N3CCN(C(=O)[C@@H]4CS(=O)(=O)C[C@H]4c4ccc(Cl)cc4)CC3)CCCCC2)cc1F. The molecular weight excluding hydrogens is 553 g/mol. The van der Waals surface area contributed by atoms with Crippen LogP contribution in [-0.4, -0.2) is 81.0 Å². The molecule has 2 heterocycles. The van der Waals surface area contributed by atoms with Gasteiger partial charge in [-0.2, -0.15) is 0 Å². The van der Waals surface area contributed by atoms with Crippen LogP contribution in [-0.2, 0) is 21.2 Å². The predicted octanol–water partition coefficient (Wildman–Crippen LogP) is 4.25. The molecule has 10 heteroatoms. The molecule has 1 N–H and O–H groups in total. The summed E-state index contributed by atoms with van der Waals surface area (Å²) in [5.41, 5.74) is 1.73. The summed E-state index contributed by atoms with van der Waals surface area (Å²) in [6, 6.07) is 12.2.